The molecule has 0 saturated heterocycles. The Kier molecular flexibility index (Phi) is 4.87. The van der Waals surface area contributed by atoms with Gasteiger partial charge in [0, 0.05) is 41.0 Å². The monoisotopic (exact) mass is 403 g/mol. The van der Waals surface area contributed by atoms with Gasteiger partial charge in [-0.25, -0.2) is 14.4 Å². The van der Waals surface area contributed by atoms with Gasteiger partial charge in [-0.2, -0.15) is 0 Å². The maximum absolute atomic E-state index is 13.5. The largest absolute Gasteiger partial charge is 0.346 e. The quantitative estimate of drug-likeness (QED) is 0.504. The third-order valence-electron chi connectivity index (χ3n) is 6.42. The highest BCUT2D eigenvalue weighted by Gasteiger charge is 2.27. The first-order valence-electron chi connectivity index (χ1n) is 10.5. The van der Waals surface area contributed by atoms with E-state index in [4.69, 9.17) is 4.98 Å². The molecule has 0 atom stereocenters. The number of benzene rings is 1. The van der Waals surface area contributed by atoms with Gasteiger partial charge in [-0.1, -0.05) is 0 Å². The van der Waals surface area contributed by atoms with E-state index >= 15 is 0 Å². The zero-order valence-electron chi connectivity index (χ0n) is 17.3. The minimum atomic E-state index is -0.237. The first-order chi connectivity index (χ1) is 14.6. The van der Waals surface area contributed by atoms with Gasteiger partial charge in [0.15, 0.2) is 0 Å². The Morgan fingerprint density at radius 2 is 1.77 bits per heavy atom. The van der Waals surface area contributed by atoms with E-state index in [1.807, 2.05) is 30.9 Å². The summed E-state index contributed by atoms with van der Waals surface area (Å²) in [5, 5.41) is 1.07. The van der Waals surface area contributed by atoms with E-state index in [0.29, 0.717) is 12.1 Å². The molecule has 1 aliphatic rings. The number of rotatable bonds is 4. The van der Waals surface area contributed by atoms with E-state index < -0.39 is 0 Å². The summed E-state index contributed by atoms with van der Waals surface area (Å²) in [7, 11) is 4.33. The Morgan fingerprint density at radius 3 is 2.50 bits per heavy atom. The number of fused-ring (bicyclic) bond motifs is 1. The van der Waals surface area contributed by atoms with Crippen LogP contribution in [0, 0.1) is 5.82 Å². The smallest absolute Gasteiger partial charge is 0.137 e. The van der Waals surface area contributed by atoms with E-state index in [2.05, 4.69) is 45.7 Å². The Hall–Kier alpha value is -2.99. The van der Waals surface area contributed by atoms with Crippen LogP contribution in [0.1, 0.15) is 31.7 Å². The topological polar surface area (TPSA) is 49.7 Å². The molecule has 154 valence electrons. The number of H-pyrrole nitrogens is 1. The van der Waals surface area contributed by atoms with Gasteiger partial charge >= 0.3 is 0 Å². The number of hydrogen-bond acceptors (Lipinski definition) is 3. The molecule has 0 unspecified atom stereocenters. The fourth-order valence-electron chi connectivity index (χ4n) is 4.74. The lowest BCUT2D eigenvalue weighted by Crippen LogP contribution is -2.32. The molecule has 4 aromatic rings. The molecule has 5 rings (SSSR count). The van der Waals surface area contributed by atoms with Crippen molar-refractivity contribution < 1.29 is 4.39 Å². The number of nitrogens with zero attached hydrogens (tertiary/aromatic N) is 4. The summed E-state index contributed by atoms with van der Waals surface area (Å²) in [5.41, 5.74) is 4.86. The Balaban J connectivity index is 1.63. The van der Waals surface area contributed by atoms with E-state index in [1.165, 1.54) is 25.0 Å². The van der Waals surface area contributed by atoms with Crippen LogP contribution in [0.5, 0.6) is 0 Å². The summed E-state index contributed by atoms with van der Waals surface area (Å²) in [6.07, 6.45) is 10.3. The first kappa shape index (κ1) is 19.0. The van der Waals surface area contributed by atoms with Crippen LogP contribution in [-0.4, -0.2) is 44.6 Å². The van der Waals surface area contributed by atoms with Crippen molar-refractivity contribution in [1.82, 2.24) is 24.4 Å². The highest BCUT2D eigenvalue weighted by atomic mass is 19.1. The second-order valence-electron chi connectivity index (χ2n) is 8.38. The second kappa shape index (κ2) is 7.69. The zero-order chi connectivity index (χ0) is 20.7. The van der Waals surface area contributed by atoms with Crippen LogP contribution in [0.4, 0.5) is 4.39 Å². The maximum atomic E-state index is 13.5. The third kappa shape index (κ3) is 3.31. The molecule has 0 aliphatic heterocycles. The predicted molar refractivity (Wildman–Crippen MR) is 118 cm³/mol. The Labute approximate surface area is 175 Å². The number of nitrogens with one attached hydrogen (secondary N) is 1. The molecule has 6 heteroatoms. The van der Waals surface area contributed by atoms with E-state index in [9.17, 15) is 4.39 Å². The molecular weight excluding hydrogens is 377 g/mol. The van der Waals surface area contributed by atoms with Gasteiger partial charge in [-0.15, -0.1) is 0 Å². The van der Waals surface area contributed by atoms with Crippen molar-refractivity contribution in [1.29, 1.82) is 0 Å². The van der Waals surface area contributed by atoms with Gasteiger partial charge in [0.1, 0.15) is 11.5 Å². The summed E-state index contributed by atoms with van der Waals surface area (Å²) in [5.74, 6) is -0.237. The normalized spacial score (nSPS) is 19.6. The lowest BCUT2D eigenvalue weighted by molar-refractivity contribution is 0.196. The zero-order valence-corrected chi connectivity index (χ0v) is 17.3. The van der Waals surface area contributed by atoms with E-state index in [0.717, 1.165) is 46.4 Å². The molecule has 30 heavy (non-hydrogen) atoms. The van der Waals surface area contributed by atoms with Crippen LogP contribution in [-0.2, 0) is 0 Å². The molecule has 5 nitrogen and oxygen atoms in total. The van der Waals surface area contributed by atoms with Crippen LogP contribution < -0.4 is 0 Å². The van der Waals surface area contributed by atoms with Gasteiger partial charge < -0.3 is 14.5 Å². The number of hydrogen-bond donors (Lipinski definition) is 1. The molecule has 1 aromatic carbocycles. The number of imidazole rings is 1. The SMILES string of the molecule is CN(C)[C@H]1CC[C@@H](n2cnc(-c3ccc(F)cc3)c2-c2ccnc3[nH]ccc23)CC1. The molecule has 1 fully saturated rings. The fourth-order valence-corrected chi connectivity index (χ4v) is 4.74. The van der Waals surface area contributed by atoms with Crippen molar-refractivity contribution in [3.8, 4) is 22.5 Å². The molecule has 1 saturated carbocycles. The van der Waals surface area contributed by atoms with Crippen molar-refractivity contribution in [3.63, 3.8) is 0 Å². The molecule has 1 N–H and O–H groups in total. The molecule has 3 aromatic heterocycles. The average Bonchev–Trinajstić information content (AvgIpc) is 3.41. The molecule has 0 bridgehead atoms. The van der Waals surface area contributed by atoms with Crippen molar-refractivity contribution >= 4 is 11.0 Å². The molecule has 3 heterocycles. The van der Waals surface area contributed by atoms with Crippen LogP contribution in [0.15, 0.2) is 55.1 Å². The maximum Gasteiger partial charge on any atom is 0.137 e. The van der Waals surface area contributed by atoms with Crippen molar-refractivity contribution in [3.05, 3.63) is 60.9 Å². The number of aromatic nitrogens is 4. The van der Waals surface area contributed by atoms with Gasteiger partial charge in [0.2, 0.25) is 0 Å². The summed E-state index contributed by atoms with van der Waals surface area (Å²) < 4.78 is 15.9. The lowest BCUT2D eigenvalue weighted by Gasteiger charge is -2.34. The van der Waals surface area contributed by atoms with Gasteiger partial charge in [0.25, 0.3) is 0 Å². The minimum absolute atomic E-state index is 0.237. The van der Waals surface area contributed by atoms with Crippen molar-refractivity contribution in [2.45, 2.75) is 37.8 Å². The van der Waals surface area contributed by atoms with Crippen LogP contribution in [0.2, 0.25) is 0 Å². The first-order valence-corrected chi connectivity index (χ1v) is 10.5. The number of halogens is 1. The molecule has 0 spiro atoms. The Bertz CT molecular complexity index is 1150. The van der Waals surface area contributed by atoms with Gasteiger partial charge in [-0.3, -0.25) is 0 Å². The summed E-state index contributed by atoms with van der Waals surface area (Å²) in [6, 6.07) is 11.8. The van der Waals surface area contributed by atoms with E-state index in [-0.39, 0.29) is 5.82 Å². The summed E-state index contributed by atoms with van der Waals surface area (Å²) in [4.78, 5) is 14.8. The average molecular weight is 404 g/mol. The standard InChI is InChI=1S/C24H26FN5/c1-29(2)18-7-9-19(10-8-18)30-15-28-22(16-3-5-17(25)6-4-16)23(30)20-11-13-26-24-21(20)12-14-27-24/h3-6,11-15,18-19H,7-10H2,1-2H3,(H,26,27)/t18-,19+. The highest BCUT2D eigenvalue weighted by molar-refractivity contribution is 5.95. The highest BCUT2D eigenvalue weighted by Crippen LogP contribution is 2.40. The number of aromatic amines is 1. The summed E-state index contributed by atoms with van der Waals surface area (Å²) in [6.45, 7) is 0. The molecule has 1 aliphatic carbocycles. The molecule has 0 radical (unpaired) electrons. The molecule has 0 amide bonds. The summed E-state index contributed by atoms with van der Waals surface area (Å²) >= 11 is 0. The van der Waals surface area contributed by atoms with Crippen LogP contribution >= 0.6 is 0 Å². The van der Waals surface area contributed by atoms with Crippen molar-refractivity contribution in [2.24, 2.45) is 0 Å². The fraction of sp³-hybridized carbons (Fsp3) is 0.333. The van der Waals surface area contributed by atoms with E-state index in [1.54, 1.807) is 0 Å². The predicted octanol–water partition coefficient (Wildman–Crippen LogP) is 5.28. The third-order valence-corrected chi connectivity index (χ3v) is 6.42. The Morgan fingerprint density at radius 1 is 1.00 bits per heavy atom. The molecular formula is C24H26FN5. The minimum Gasteiger partial charge on any atom is -0.346 e. The van der Waals surface area contributed by atoms with Crippen LogP contribution in [0.25, 0.3) is 33.5 Å². The van der Waals surface area contributed by atoms with Gasteiger partial charge in [0.05, 0.1) is 17.7 Å². The lowest BCUT2D eigenvalue weighted by atomic mass is 9.90. The van der Waals surface area contributed by atoms with Crippen molar-refractivity contribution in [2.75, 3.05) is 14.1 Å². The number of pyridine rings is 1. The van der Waals surface area contributed by atoms with Gasteiger partial charge in [-0.05, 0) is 76.2 Å². The second-order valence-corrected chi connectivity index (χ2v) is 8.38. The van der Waals surface area contributed by atoms with Crippen LogP contribution in [0.3, 0.4) is 0 Å².